The van der Waals surface area contributed by atoms with Crippen molar-refractivity contribution in [3.8, 4) is 11.5 Å². The molecule has 6 heteroatoms. The maximum Gasteiger partial charge on any atom is 0.119 e. The molecule has 0 aliphatic heterocycles. The molecule has 4 nitrogen and oxygen atoms in total. The van der Waals surface area contributed by atoms with Gasteiger partial charge in [0.25, 0.3) is 0 Å². The molecule has 0 spiro atoms. The number of rotatable bonds is 9. The number of benzene rings is 2. The number of alkyl halides is 1. The number of halogens is 1. The van der Waals surface area contributed by atoms with Gasteiger partial charge in [-0.15, -0.1) is 0 Å². The Labute approximate surface area is 161 Å². The average molecular weight is 517 g/mol. The van der Waals surface area contributed by atoms with Crippen LogP contribution in [0.4, 0.5) is 4.39 Å². The van der Waals surface area contributed by atoms with Gasteiger partial charge >= 0.3 is 0 Å². The van der Waals surface area contributed by atoms with Gasteiger partial charge < -0.3 is 26.6 Å². The van der Waals surface area contributed by atoms with Gasteiger partial charge in [0.1, 0.15) is 30.9 Å². The van der Waals surface area contributed by atoms with E-state index < -0.39 is 18.9 Å². The van der Waals surface area contributed by atoms with Crippen LogP contribution in [0.5, 0.6) is 11.5 Å². The summed E-state index contributed by atoms with van der Waals surface area (Å²) in [5.74, 6) is 1.29. The van der Waals surface area contributed by atoms with Gasteiger partial charge in [-0.2, -0.15) is 0 Å². The van der Waals surface area contributed by atoms with Crippen LogP contribution in [0, 0.1) is 6.92 Å². The Morgan fingerprint density at radius 3 is 1.68 bits per heavy atom. The molecular weight excluding hydrogens is 495 g/mol. The molecule has 25 heavy (non-hydrogen) atoms. The van der Waals surface area contributed by atoms with E-state index in [-0.39, 0.29) is 34.3 Å². The third kappa shape index (κ3) is 8.00. The Balaban J connectivity index is 0.00000312. The smallest absolute Gasteiger partial charge is 0.119 e. The van der Waals surface area contributed by atoms with Crippen molar-refractivity contribution in [3.63, 3.8) is 0 Å². The molecule has 0 heterocycles. The fourth-order valence-corrected chi connectivity index (χ4v) is 2.07. The number of hydrogen-bond donors (Lipinski definition) is 2. The van der Waals surface area contributed by atoms with E-state index in [9.17, 15) is 4.39 Å². The molecule has 0 amide bonds. The van der Waals surface area contributed by atoms with Gasteiger partial charge in [-0.1, -0.05) is 24.3 Å². The first-order valence-corrected chi connectivity index (χ1v) is 7.75. The molecule has 2 N–H and O–H groups in total. The maximum absolute atomic E-state index is 12.2. The monoisotopic (exact) mass is 517 g/mol. The van der Waals surface area contributed by atoms with E-state index in [4.69, 9.17) is 19.7 Å². The van der Waals surface area contributed by atoms with E-state index in [1.165, 1.54) is 0 Å². The van der Waals surface area contributed by atoms with Crippen molar-refractivity contribution >= 4 is 0 Å². The summed E-state index contributed by atoms with van der Waals surface area (Å²) in [5.41, 5.74) is 2.23. The van der Waals surface area contributed by atoms with Crippen LogP contribution in [0.2, 0.25) is 0 Å². The predicted octanol–water partition coefficient (Wildman–Crippen LogP) is 2.56. The van der Waals surface area contributed by atoms with E-state index in [2.05, 4.69) is 6.92 Å². The summed E-state index contributed by atoms with van der Waals surface area (Å²) in [4.78, 5) is 0. The van der Waals surface area contributed by atoms with E-state index in [0.29, 0.717) is 11.5 Å². The number of ether oxygens (including phenoxy) is 2. The molecular formula is C19H22FO4W-. The second-order valence-electron chi connectivity index (χ2n) is 5.55. The van der Waals surface area contributed by atoms with Crippen molar-refractivity contribution in [2.75, 3.05) is 19.9 Å². The molecule has 0 aliphatic rings. The minimum absolute atomic E-state index is 0. The number of hydrogen-bond acceptors (Lipinski definition) is 4. The molecule has 2 aromatic carbocycles. The summed E-state index contributed by atoms with van der Waals surface area (Å²) in [5, 5.41) is 18.2. The molecule has 136 valence electrons. The predicted molar refractivity (Wildman–Crippen MR) is 90.0 cm³/mol. The van der Waals surface area contributed by atoms with Gasteiger partial charge in [-0.25, -0.2) is 4.39 Å². The topological polar surface area (TPSA) is 58.9 Å². The van der Waals surface area contributed by atoms with Crippen molar-refractivity contribution in [2.45, 2.75) is 18.6 Å². The Kier molecular flexibility index (Phi) is 9.72. The fourth-order valence-electron chi connectivity index (χ4n) is 2.07. The van der Waals surface area contributed by atoms with Crippen LogP contribution in [-0.2, 0) is 27.5 Å². The van der Waals surface area contributed by atoms with Gasteiger partial charge in [0.05, 0.1) is 6.61 Å². The minimum atomic E-state index is -1.09. The van der Waals surface area contributed by atoms with Crippen LogP contribution in [0.1, 0.15) is 11.1 Å². The zero-order valence-electron chi connectivity index (χ0n) is 13.8. The molecule has 2 atom stereocenters. The zero-order valence-corrected chi connectivity index (χ0v) is 16.7. The summed E-state index contributed by atoms with van der Waals surface area (Å²) in [6.45, 7) is 2.74. The Morgan fingerprint density at radius 1 is 0.840 bits per heavy atom. The van der Waals surface area contributed by atoms with Gasteiger partial charge in [0, 0.05) is 21.1 Å². The summed E-state index contributed by atoms with van der Waals surface area (Å²) < 4.78 is 22.8. The minimum Gasteiger partial charge on any atom is -0.494 e. The van der Waals surface area contributed by atoms with E-state index in [1.807, 2.05) is 36.4 Å². The molecule has 0 bridgehead atoms. The van der Waals surface area contributed by atoms with Crippen LogP contribution in [-0.4, -0.2) is 42.3 Å². The normalized spacial score (nSPS) is 12.8. The first-order chi connectivity index (χ1) is 11.6. The first kappa shape index (κ1) is 21.6. The van der Waals surface area contributed by atoms with Crippen LogP contribution in [0.25, 0.3) is 0 Å². The van der Waals surface area contributed by atoms with Crippen molar-refractivity contribution in [3.05, 3.63) is 66.6 Å². The van der Waals surface area contributed by atoms with Crippen molar-refractivity contribution < 1.29 is 45.1 Å². The fraction of sp³-hybridized carbons (Fsp3) is 0.316. The largest absolute Gasteiger partial charge is 0.494 e. The summed E-state index contributed by atoms with van der Waals surface area (Å²) >= 11 is 0. The molecule has 0 aliphatic carbocycles. The third-order valence-corrected chi connectivity index (χ3v) is 3.32. The SMILES string of the molecule is [CH2-]C(O)COc1ccc(Cc2ccc(OCC(O)CF)cc2)cc1.[W]. The van der Waals surface area contributed by atoms with Crippen molar-refractivity contribution in [1.29, 1.82) is 0 Å². The van der Waals surface area contributed by atoms with Crippen LogP contribution < -0.4 is 9.47 Å². The van der Waals surface area contributed by atoms with E-state index in [1.54, 1.807) is 12.1 Å². The molecule has 0 saturated heterocycles. The maximum atomic E-state index is 12.2. The Morgan fingerprint density at radius 2 is 1.28 bits per heavy atom. The number of aliphatic hydroxyl groups is 2. The molecule has 0 saturated carbocycles. The van der Waals surface area contributed by atoms with E-state index in [0.717, 1.165) is 17.5 Å². The summed E-state index contributed by atoms with van der Waals surface area (Å²) in [6.07, 6.45) is -1.07. The van der Waals surface area contributed by atoms with Crippen LogP contribution >= 0.6 is 0 Å². The Hall–Kier alpha value is -1.42. The van der Waals surface area contributed by atoms with Crippen LogP contribution in [0.15, 0.2) is 48.5 Å². The number of aliphatic hydroxyl groups excluding tert-OH is 2. The van der Waals surface area contributed by atoms with Gasteiger partial charge in [0.15, 0.2) is 0 Å². The zero-order chi connectivity index (χ0) is 17.4. The molecule has 0 aromatic heterocycles. The summed E-state index contributed by atoms with van der Waals surface area (Å²) in [7, 11) is 0. The van der Waals surface area contributed by atoms with Crippen molar-refractivity contribution in [2.24, 2.45) is 0 Å². The molecule has 0 fully saturated rings. The van der Waals surface area contributed by atoms with E-state index >= 15 is 0 Å². The summed E-state index contributed by atoms with van der Waals surface area (Å²) in [6, 6.07) is 15.1. The molecule has 2 rings (SSSR count). The Bertz CT molecular complexity index is 602. The van der Waals surface area contributed by atoms with Gasteiger partial charge in [0.2, 0.25) is 0 Å². The molecule has 0 radical (unpaired) electrons. The first-order valence-electron chi connectivity index (χ1n) is 7.75. The standard InChI is InChI=1S/C19H22FO4.W/c1-14(21)12-23-18-6-2-15(3-7-18)10-16-4-8-19(9-5-16)24-13-17(22)11-20;/h2-9,14,17,21-22H,1,10-13H2;/q-1;. The van der Waals surface area contributed by atoms with Gasteiger partial charge in [-0.3, -0.25) is 0 Å². The molecule has 2 unspecified atom stereocenters. The second kappa shape index (κ2) is 11.2. The molecule has 2 aromatic rings. The van der Waals surface area contributed by atoms with Gasteiger partial charge in [-0.05, 0) is 47.9 Å². The quantitative estimate of drug-likeness (QED) is 0.503. The van der Waals surface area contributed by atoms with Crippen LogP contribution in [0.3, 0.4) is 0 Å². The average Bonchev–Trinajstić information content (AvgIpc) is 2.60. The third-order valence-electron chi connectivity index (χ3n) is 3.32. The second-order valence-corrected chi connectivity index (χ2v) is 5.55. The van der Waals surface area contributed by atoms with Crippen molar-refractivity contribution in [1.82, 2.24) is 0 Å².